The van der Waals surface area contributed by atoms with Crippen LogP contribution in [0.15, 0.2) is 41.3 Å². The molecule has 1 aliphatic carbocycles. The maximum absolute atomic E-state index is 12.8. The maximum atomic E-state index is 12.8. The van der Waals surface area contributed by atoms with E-state index in [-0.39, 0.29) is 11.8 Å². The molecule has 0 aliphatic heterocycles. The predicted molar refractivity (Wildman–Crippen MR) is 126 cm³/mol. The van der Waals surface area contributed by atoms with Crippen molar-refractivity contribution in [3.05, 3.63) is 52.5 Å². The summed E-state index contributed by atoms with van der Waals surface area (Å²) in [7, 11) is 0. The Labute approximate surface area is 210 Å². The van der Waals surface area contributed by atoms with Crippen LogP contribution >= 0.6 is 23.4 Å². The first-order valence-corrected chi connectivity index (χ1v) is 12.1. The number of ether oxygens (including phenoxy) is 2. The highest BCUT2D eigenvalue weighted by Gasteiger charge is 2.33. The number of halogens is 4. The van der Waals surface area contributed by atoms with Gasteiger partial charge in [-0.2, -0.15) is 0 Å². The van der Waals surface area contributed by atoms with Crippen molar-refractivity contribution in [3.63, 3.8) is 0 Å². The number of alkyl halides is 3. The number of hydrogen-bond donors (Lipinski definition) is 1. The molecule has 11 heteroatoms. The van der Waals surface area contributed by atoms with Crippen molar-refractivity contribution >= 4 is 35.4 Å². The lowest BCUT2D eigenvalue weighted by molar-refractivity contribution is -0.274. The topological polar surface area (TPSA) is 76.1 Å². The van der Waals surface area contributed by atoms with Crippen molar-refractivity contribution in [2.75, 3.05) is 6.54 Å². The number of amides is 1. The second-order valence-corrected chi connectivity index (χ2v) is 10.6. The van der Waals surface area contributed by atoms with Crippen LogP contribution in [0.1, 0.15) is 38.3 Å². The molecule has 0 heterocycles. The van der Waals surface area contributed by atoms with E-state index in [1.54, 1.807) is 18.7 Å². The zero-order valence-electron chi connectivity index (χ0n) is 19.3. The third kappa shape index (κ3) is 6.98. The lowest BCUT2D eigenvalue weighted by Crippen LogP contribution is -2.44. The Kier molecular flexibility index (Phi) is 8.16. The zero-order chi connectivity index (χ0) is 26.0. The fraction of sp³-hybridized carbons (Fsp3) is 0.417. The van der Waals surface area contributed by atoms with Gasteiger partial charge in [-0.25, -0.2) is 4.79 Å². The quantitative estimate of drug-likeness (QED) is 0.407. The summed E-state index contributed by atoms with van der Waals surface area (Å²) in [5.41, 5.74) is 2.03. The van der Waals surface area contributed by atoms with E-state index >= 15 is 0 Å². The SMILES string of the molecule is CCN(C(=O)Oc1ccc(OC(F)(F)F)cc1)C1CCc2cc(SC(C)(C)C(=O)O)c(Cl)cc2C1. The fourth-order valence-electron chi connectivity index (χ4n) is 3.81. The first-order valence-electron chi connectivity index (χ1n) is 10.9. The van der Waals surface area contributed by atoms with Gasteiger partial charge in [0.15, 0.2) is 0 Å². The number of likely N-dealkylation sites (N-methyl/N-ethyl adjacent to an activating group) is 1. The summed E-state index contributed by atoms with van der Waals surface area (Å²) in [5, 5.41) is 9.86. The smallest absolute Gasteiger partial charge is 0.480 e. The summed E-state index contributed by atoms with van der Waals surface area (Å²) in [6, 6.07) is 8.21. The monoisotopic (exact) mass is 531 g/mol. The number of thioether (sulfide) groups is 1. The molecule has 0 fully saturated rings. The van der Waals surface area contributed by atoms with Gasteiger partial charge in [-0.05, 0) is 87.6 Å². The number of nitrogens with zero attached hydrogens (tertiary/aromatic N) is 1. The summed E-state index contributed by atoms with van der Waals surface area (Å²) in [4.78, 5) is 26.6. The second kappa shape index (κ2) is 10.6. The lowest BCUT2D eigenvalue weighted by atomic mass is 9.87. The van der Waals surface area contributed by atoms with E-state index in [4.69, 9.17) is 16.3 Å². The molecule has 0 aromatic heterocycles. The fourth-order valence-corrected chi connectivity index (χ4v) is 5.10. The third-order valence-electron chi connectivity index (χ3n) is 5.62. The van der Waals surface area contributed by atoms with Gasteiger partial charge in [-0.15, -0.1) is 24.9 Å². The number of carboxylic acid groups (broad SMARTS) is 1. The molecule has 1 unspecified atom stereocenters. The summed E-state index contributed by atoms with van der Waals surface area (Å²) >= 11 is 7.64. The molecule has 1 amide bonds. The molecule has 0 bridgehead atoms. The normalized spacial score (nSPS) is 15.8. The highest BCUT2D eigenvalue weighted by molar-refractivity contribution is 8.01. The van der Waals surface area contributed by atoms with E-state index in [9.17, 15) is 27.9 Å². The van der Waals surface area contributed by atoms with Crippen molar-refractivity contribution in [1.82, 2.24) is 4.90 Å². The predicted octanol–water partition coefficient (Wildman–Crippen LogP) is 6.57. The van der Waals surface area contributed by atoms with E-state index in [1.807, 2.05) is 19.1 Å². The van der Waals surface area contributed by atoms with Gasteiger partial charge < -0.3 is 19.5 Å². The second-order valence-electron chi connectivity index (χ2n) is 8.54. The minimum absolute atomic E-state index is 0.102. The van der Waals surface area contributed by atoms with Crippen LogP contribution in [-0.4, -0.2) is 45.8 Å². The molecule has 190 valence electrons. The third-order valence-corrected chi connectivity index (χ3v) is 7.28. The molecule has 0 spiro atoms. The number of carboxylic acids is 1. The van der Waals surface area contributed by atoms with Crippen molar-refractivity contribution in [1.29, 1.82) is 0 Å². The number of benzene rings is 2. The van der Waals surface area contributed by atoms with Crippen LogP contribution in [0.4, 0.5) is 18.0 Å². The van der Waals surface area contributed by atoms with Crippen LogP contribution in [0.3, 0.4) is 0 Å². The van der Waals surface area contributed by atoms with E-state index in [0.29, 0.717) is 35.7 Å². The van der Waals surface area contributed by atoms with Gasteiger partial charge in [-0.1, -0.05) is 11.6 Å². The summed E-state index contributed by atoms with van der Waals surface area (Å²) < 4.78 is 45.1. The number of aryl methyl sites for hydroxylation is 1. The summed E-state index contributed by atoms with van der Waals surface area (Å²) in [6.45, 7) is 5.43. The molecular weight excluding hydrogens is 507 g/mol. The summed E-state index contributed by atoms with van der Waals surface area (Å²) in [6.07, 6.45) is -3.52. The van der Waals surface area contributed by atoms with Gasteiger partial charge in [0.25, 0.3) is 0 Å². The molecule has 2 aromatic carbocycles. The molecule has 0 radical (unpaired) electrons. The Bertz CT molecular complexity index is 1090. The highest BCUT2D eigenvalue weighted by Crippen LogP contribution is 2.40. The Morgan fingerprint density at radius 2 is 1.77 bits per heavy atom. The van der Waals surface area contributed by atoms with Gasteiger partial charge in [0, 0.05) is 17.5 Å². The molecule has 2 aromatic rings. The standard InChI is InChI=1S/C24H25ClF3NO5S/c1-4-29(22(32)33-17-7-9-18(10-8-17)34-24(26,27)28)16-6-5-14-13-20(19(25)12-15(14)11-16)35-23(2,3)21(30)31/h7-10,12-13,16H,4-6,11H2,1-3H3,(H,30,31). The number of carbonyl (C=O) groups excluding carboxylic acids is 1. The Morgan fingerprint density at radius 1 is 1.14 bits per heavy atom. The Balaban J connectivity index is 1.69. The number of fused-ring (bicyclic) bond motifs is 1. The van der Waals surface area contributed by atoms with Crippen molar-refractivity contribution in [2.24, 2.45) is 0 Å². The van der Waals surface area contributed by atoms with E-state index < -0.39 is 28.9 Å². The van der Waals surface area contributed by atoms with Crippen LogP contribution in [0.25, 0.3) is 0 Å². The van der Waals surface area contributed by atoms with Crippen molar-refractivity contribution in [2.45, 2.75) is 62.1 Å². The van der Waals surface area contributed by atoms with Crippen LogP contribution in [-0.2, 0) is 17.6 Å². The molecular formula is C24H25ClF3NO5S. The van der Waals surface area contributed by atoms with E-state index in [2.05, 4.69) is 4.74 Å². The molecule has 1 atom stereocenters. The number of rotatable bonds is 7. The van der Waals surface area contributed by atoms with E-state index in [0.717, 1.165) is 23.3 Å². The Hall–Kier alpha value is -2.59. The molecule has 35 heavy (non-hydrogen) atoms. The zero-order valence-corrected chi connectivity index (χ0v) is 20.9. The van der Waals surface area contributed by atoms with Gasteiger partial charge in [-0.3, -0.25) is 4.79 Å². The maximum Gasteiger partial charge on any atom is 0.573 e. The first-order chi connectivity index (χ1) is 16.3. The molecule has 0 saturated heterocycles. The summed E-state index contributed by atoms with van der Waals surface area (Å²) in [5.74, 6) is -1.24. The first kappa shape index (κ1) is 27.0. The Morgan fingerprint density at radius 3 is 2.34 bits per heavy atom. The molecule has 1 N–H and O–H groups in total. The average molecular weight is 532 g/mol. The van der Waals surface area contributed by atoms with Crippen molar-refractivity contribution in [3.8, 4) is 11.5 Å². The average Bonchev–Trinajstić information content (AvgIpc) is 2.75. The number of hydrogen-bond acceptors (Lipinski definition) is 5. The van der Waals surface area contributed by atoms with Crippen LogP contribution in [0.2, 0.25) is 5.02 Å². The minimum atomic E-state index is -4.80. The highest BCUT2D eigenvalue weighted by atomic mass is 35.5. The van der Waals surface area contributed by atoms with Crippen LogP contribution in [0.5, 0.6) is 11.5 Å². The largest absolute Gasteiger partial charge is 0.573 e. The van der Waals surface area contributed by atoms with Crippen LogP contribution < -0.4 is 9.47 Å². The van der Waals surface area contributed by atoms with Crippen LogP contribution in [0, 0.1) is 0 Å². The molecule has 3 rings (SSSR count). The van der Waals surface area contributed by atoms with Gasteiger partial charge in [0.1, 0.15) is 16.2 Å². The van der Waals surface area contributed by atoms with Gasteiger partial charge in [0.2, 0.25) is 0 Å². The number of carbonyl (C=O) groups is 2. The lowest BCUT2D eigenvalue weighted by Gasteiger charge is -2.34. The molecule has 1 aliphatic rings. The van der Waals surface area contributed by atoms with Gasteiger partial charge >= 0.3 is 18.4 Å². The number of aliphatic carboxylic acids is 1. The van der Waals surface area contributed by atoms with Crippen molar-refractivity contribution < 1.29 is 37.3 Å². The van der Waals surface area contributed by atoms with E-state index in [1.165, 1.54) is 23.9 Å². The molecule has 6 nitrogen and oxygen atoms in total. The van der Waals surface area contributed by atoms with Gasteiger partial charge in [0.05, 0.1) is 5.02 Å². The molecule has 0 saturated carbocycles. The minimum Gasteiger partial charge on any atom is -0.480 e.